The Bertz CT molecular complexity index is 1180. The zero-order valence-electron chi connectivity index (χ0n) is 25.5. The van der Waals surface area contributed by atoms with Gasteiger partial charge in [-0.3, -0.25) is 19.2 Å². The third kappa shape index (κ3) is 8.68. The minimum Gasteiger partial charge on any atom is -0.347 e. The van der Waals surface area contributed by atoms with Crippen LogP contribution in [0.3, 0.4) is 0 Å². The molecule has 5 N–H and O–H groups in total. The van der Waals surface area contributed by atoms with E-state index < -0.39 is 63.2 Å². The van der Waals surface area contributed by atoms with Crippen LogP contribution in [-0.2, 0) is 29.2 Å². The Morgan fingerprint density at radius 2 is 1.51 bits per heavy atom. The highest BCUT2D eigenvalue weighted by Gasteiger charge is 2.47. The summed E-state index contributed by atoms with van der Waals surface area (Å²) in [6, 6.07) is -2.31. The highest BCUT2D eigenvalue weighted by molar-refractivity contribution is 7.89. The number of rotatable bonds is 12. The van der Waals surface area contributed by atoms with Crippen molar-refractivity contribution in [3.63, 3.8) is 0 Å². The summed E-state index contributed by atoms with van der Waals surface area (Å²) in [5.41, 5.74) is -1.50. The van der Waals surface area contributed by atoms with Crippen LogP contribution in [0.25, 0.3) is 0 Å². The van der Waals surface area contributed by atoms with E-state index in [-0.39, 0.29) is 17.7 Å². The minimum atomic E-state index is -3.61. The van der Waals surface area contributed by atoms with Gasteiger partial charge in [0.25, 0.3) is 5.91 Å². The monoisotopic (exact) mass is 624 g/mol. The van der Waals surface area contributed by atoms with Gasteiger partial charge >= 0.3 is 6.03 Å². The first-order chi connectivity index (χ1) is 20.4. The highest BCUT2D eigenvalue weighted by Crippen LogP contribution is 2.40. The fraction of sp³-hybridized carbons (Fsp3) is 0.828. The molecular weight excluding hydrogens is 576 g/mol. The molecule has 0 spiro atoms. The van der Waals surface area contributed by atoms with Gasteiger partial charge in [0.1, 0.15) is 12.1 Å². The van der Waals surface area contributed by atoms with Crippen LogP contribution in [0.1, 0.15) is 96.8 Å². The lowest BCUT2D eigenvalue weighted by molar-refractivity contribution is -0.143. The lowest BCUT2D eigenvalue weighted by Crippen LogP contribution is -2.64. The largest absolute Gasteiger partial charge is 0.347 e. The number of likely N-dealkylation sites (tertiary alicyclic amines) is 1. The van der Waals surface area contributed by atoms with Gasteiger partial charge in [0.15, 0.2) is 0 Å². The Labute approximate surface area is 254 Å². The van der Waals surface area contributed by atoms with Gasteiger partial charge in [-0.05, 0) is 63.8 Å². The van der Waals surface area contributed by atoms with E-state index in [9.17, 15) is 32.4 Å². The molecule has 0 aromatic carbocycles. The lowest BCUT2D eigenvalue weighted by Gasteiger charge is -2.43. The second-order valence-corrected chi connectivity index (χ2v) is 15.1. The first kappa shape index (κ1) is 33.2. The van der Waals surface area contributed by atoms with Crippen molar-refractivity contribution >= 4 is 39.6 Å². The number of ketones is 1. The van der Waals surface area contributed by atoms with E-state index >= 15 is 0 Å². The molecule has 0 aromatic rings. The number of nitrogens with one attached hydrogen (secondary N) is 5. The quantitative estimate of drug-likeness (QED) is 0.199. The molecule has 14 heteroatoms. The van der Waals surface area contributed by atoms with E-state index in [2.05, 4.69) is 26.0 Å². The number of nitrogens with zero attached hydrogens (tertiary/aromatic N) is 1. The summed E-state index contributed by atoms with van der Waals surface area (Å²) in [7, 11) is -2.26. The number of urea groups is 1. The van der Waals surface area contributed by atoms with Crippen molar-refractivity contribution in [2.75, 3.05) is 25.9 Å². The van der Waals surface area contributed by atoms with Gasteiger partial charge in [-0.25, -0.2) is 17.9 Å². The third-order valence-corrected chi connectivity index (χ3v) is 11.2. The van der Waals surface area contributed by atoms with E-state index in [0.717, 1.165) is 64.2 Å². The van der Waals surface area contributed by atoms with Crippen LogP contribution in [0.4, 0.5) is 4.79 Å². The lowest BCUT2D eigenvalue weighted by atomic mass is 9.70. The van der Waals surface area contributed by atoms with E-state index in [1.165, 1.54) is 11.9 Å². The van der Waals surface area contributed by atoms with Gasteiger partial charge in [-0.1, -0.05) is 45.4 Å². The number of hydrogen-bond acceptors (Lipinski definition) is 7. The Morgan fingerprint density at radius 1 is 0.884 bits per heavy atom. The van der Waals surface area contributed by atoms with Crippen molar-refractivity contribution in [1.82, 2.24) is 30.9 Å². The van der Waals surface area contributed by atoms with Gasteiger partial charge in [0, 0.05) is 12.6 Å². The summed E-state index contributed by atoms with van der Waals surface area (Å²) >= 11 is 0. The molecule has 43 heavy (non-hydrogen) atoms. The molecule has 5 amide bonds. The maximum atomic E-state index is 14.2. The van der Waals surface area contributed by atoms with Crippen LogP contribution in [-0.4, -0.2) is 92.4 Å². The molecule has 13 nitrogen and oxygen atoms in total. The minimum absolute atomic E-state index is 0.0265. The van der Waals surface area contributed by atoms with Crippen molar-refractivity contribution in [2.45, 2.75) is 120 Å². The molecule has 4 fully saturated rings. The fourth-order valence-corrected chi connectivity index (χ4v) is 8.12. The average molecular weight is 625 g/mol. The van der Waals surface area contributed by atoms with Crippen LogP contribution < -0.4 is 26.0 Å². The highest BCUT2D eigenvalue weighted by atomic mass is 32.2. The number of Topliss-reactive ketones (excluding diaryl/α,β-unsaturated/α-hetero) is 1. The Kier molecular flexibility index (Phi) is 10.7. The number of amides is 5. The van der Waals surface area contributed by atoms with Crippen LogP contribution in [0.2, 0.25) is 0 Å². The molecule has 0 bridgehead atoms. The van der Waals surface area contributed by atoms with Crippen molar-refractivity contribution in [2.24, 2.45) is 5.41 Å². The molecular formula is C29H48N6O7S. The molecule has 0 radical (unpaired) electrons. The van der Waals surface area contributed by atoms with Crippen molar-refractivity contribution < 1.29 is 32.4 Å². The second-order valence-electron chi connectivity index (χ2n) is 13.1. The van der Waals surface area contributed by atoms with E-state index in [0.29, 0.717) is 32.2 Å². The maximum absolute atomic E-state index is 14.2. The van der Waals surface area contributed by atoms with Gasteiger partial charge in [-0.15, -0.1) is 0 Å². The molecule has 3 saturated carbocycles. The molecule has 1 heterocycles. The summed E-state index contributed by atoms with van der Waals surface area (Å²) < 4.78 is 27.4. The average Bonchev–Trinajstić information content (AvgIpc) is 3.65. The zero-order valence-corrected chi connectivity index (χ0v) is 26.3. The van der Waals surface area contributed by atoms with Crippen LogP contribution in [0.5, 0.6) is 0 Å². The zero-order chi connectivity index (χ0) is 31.3. The normalized spacial score (nSPS) is 24.0. The summed E-state index contributed by atoms with van der Waals surface area (Å²) in [6.07, 6.45) is 10.5. The topological polar surface area (TPSA) is 183 Å². The van der Waals surface area contributed by atoms with Crippen LogP contribution >= 0.6 is 0 Å². The van der Waals surface area contributed by atoms with Crippen LogP contribution in [0, 0.1) is 5.41 Å². The Hall–Kier alpha value is -2.74. The smallest absolute Gasteiger partial charge is 0.315 e. The van der Waals surface area contributed by atoms with Crippen molar-refractivity contribution in [1.29, 1.82) is 0 Å². The SMILES string of the molecule is CNS(=O)(=O)CC1(NC(=O)N[C@H](C(=O)N2CCC[C@H]2C(=O)NCC(=O)C(=O)NC2CC2)C2(C)CCCCC2)CCCCC1. The molecule has 0 aromatic heterocycles. The van der Waals surface area contributed by atoms with Gasteiger partial charge in [0.2, 0.25) is 27.6 Å². The third-order valence-electron chi connectivity index (χ3n) is 9.61. The van der Waals surface area contributed by atoms with Crippen molar-refractivity contribution in [3.8, 4) is 0 Å². The first-order valence-corrected chi connectivity index (χ1v) is 17.4. The summed E-state index contributed by atoms with van der Waals surface area (Å²) in [6.45, 7) is 1.86. The molecule has 3 aliphatic carbocycles. The Morgan fingerprint density at radius 3 is 2.12 bits per heavy atom. The van der Waals surface area contributed by atoms with Gasteiger partial charge < -0.3 is 26.2 Å². The predicted molar refractivity (Wildman–Crippen MR) is 159 cm³/mol. The molecule has 1 aliphatic heterocycles. The number of carbonyl (C=O) groups is 5. The second kappa shape index (κ2) is 13.9. The molecule has 242 valence electrons. The summed E-state index contributed by atoms with van der Waals surface area (Å²) in [5, 5.41) is 11.0. The summed E-state index contributed by atoms with van der Waals surface area (Å²) in [4.78, 5) is 66.6. The molecule has 2 atom stereocenters. The molecule has 1 saturated heterocycles. The maximum Gasteiger partial charge on any atom is 0.315 e. The van der Waals surface area contributed by atoms with E-state index in [1.807, 2.05) is 6.92 Å². The van der Waals surface area contributed by atoms with Crippen molar-refractivity contribution in [3.05, 3.63) is 0 Å². The molecule has 4 aliphatic rings. The van der Waals surface area contributed by atoms with Gasteiger partial charge in [0.05, 0.1) is 17.8 Å². The molecule has 4 rings (SSSR count). The number of hydrogen-bond donors (Lipinski definition) is 5. The van der Waals surface area contributed by atoms with Crippen LogP contribution in [0.15, 0.2) is 0 Å². The number of sulfonamides is 1. The molecule has 0 unspecified atom stereocenters. The summed E-state index contributed by atoms with van der Waals surface area (Å²) in [5.74, 6) is -2.57. The van der Waals surface area contributed by atoms with E-state index in [4.69, 9.17) is 0 Å². The first-order valence-electron chi connectivity index (χ1n) is 15.8. The van der Waals surface area contributed by atoms with E-state index in [1.54, 1.807) is 0 Å². The predicted octanol–water partition coefficient (Wildman–Crippen LogP) is 0.832. The standard InChI is InChI=1S/C29H48N6O7S/c1-28(13-5-3-6-14-28)23(33-27(40)34-29(15-7-4-8-16-29)19-43(41,42)30-2)26(39)35-17-9-10-21(35)24(37)31-18-22(36)25(38)32-20-11-12-20/h20-21,23,30H,3-19H2,1-2H3,(H,31,37)(H,32,38)(H2,33,34,40)/t21-,23+/m0/s1. The fourth-order valence-electron chi connectivity index (χ4n) is 6.89. The van der Waals surface area contributed by atoms with Gasteiger partial charge in [-0.2, -0.15) is 0 Å². The Balaban J connectivity index is 1.47. The number of carbonyl (C=O) groups excluding carboxylic acids is 5.